The molecule has 11 nitrogen and oxygen atoms in total. The number of aromatic nitrogens is 4. The van der Waals surface area contributed by atoms with Gasteiger partial charge in [-0.15, -0.1) is 4.52 Å². The molecule has 4 rings (SSSR count). The Bertz CT molecular complexity index is 861. The summed E-state index contributed by atoms with van der Waals surface area (Å²) in [5, 5.41) is 10.7. The summed E-state index contributed by atoms with van der Waals surface area (Å²) in [6.45, 7) is 3.16. The topological polar surface area (TPSA) is 161 Å². The second-order valence-electron chi connectivity index (χ2n) is 6.16. The third-order valence-corrected chi connectivity index (χ3v) is 5.19. The van der Waals surface area contributed by atoms with E-state index < -0.39 is 38.2 Å². The van der Waals surface area contributed by atoms with E-state index in [2.05, 4.69) is 15.0 Å². The number of imidazole rings is 1. The van der Waals surface area contributed by atoms with Gasteiger partial charge in [-0.1, -0.05) is 0 Å². The highest BCUT2D eigenvalue weighted by molar-refractivity contribution is 7.38. The van der Waals surface area contributed by atoms with Crippen molar-refractivity contribution in [2.75, 3.05) is 24.7 Å². The Morgan fingerprint density at radius 3 is 2.96 bits per heavy atom. The van der Waals surface area contributed by atoms with Crippen LogP contribution in [0, 0.1) is 0 Å². The highest BCUT2D eigenvalue weighted by Crippen LogP contribution is 2.50. The van der Waals surface area contributed by atoms with Gasteiger partial charge in [0, 0.05) is 0 Å². The summed E-state index contributed by atoms with van der Waals surface area (Å²) in [4.78, 5) is 12.2. The third-order valence-electron chi connectivity index (χ3n) is 4.69. The Kier molecular flexibility index (Phi) is 3.67. The summed E-state index contributed by atoms with van der Waals surface area (Å²) in [7, 11) is -1.84. The monoisotopic (exact) mass is 369 g/mol. The first-order valence-electron chi connectivity index (χ1n) is 7.64. The van der Waals surface area contributed by atoms with E-state index >= 15 is 0 Å². The predicted octanol–water partition coefficient (Wildman–Crippen LogP) is -0.205. The van der Waals surface area contributed by atoms with E-state index in [4.69, 9.17) is 25.5 Å². The minimum Gasteiger partial charge on any atom is -0.387 e. The van der Waals surface area contributed by atoms with Crippen LogP contribution in [0.1, 0.15) is 13.2 Å². The number of hydrogen-bond donors (Lipinski definition) is 3. The van der Waals surface area contributed by atoms with Crippen molar-refractivity contribution in [2.45, 2.75) is 37.1 Å². The molecule has 4 heterocycles. The molecule has 2 saturated heterocycles. The number of hydrogen-bond acceptors (Lipinski definition) is 10. The van der Waals surface area contributed by atoms with Crippen molar-refractivity contribution in [3.8, 4) is 0 Å². The maximum atomic E-state index is 11.3. The van der Waals surface area contributed by atoms with Crippen molar-refractivity contribution in [1.29, 1.82) is 0 Å². The molecule has 0 radical (unpaired) electrons. The summed E-state index contributed by atoms with van der Waals surface area (Å²) in [6, 6.07) is 0. The number of ether oxygens (including phenoxy) is 2. The smallest absolute Gasteiger partial charge is 0.387 e. The van der Waals surface area contributed by atoms with Gasteiger partial charge >= 0.3 is 8.03 Å². The molecular formula is C13H18N6O5P+. The molecule has 25 heavy (non-hydrogen) atoms. The van der Waals surface area contributed by atoms with Gasteiger partial charge in [0.25, 0.3) is 0 Å². The van der Waals surface area contributed by atoms with Gasteiger partial charge in [0.15, 0.2) is 30.0 Å². The fourth-order valence-electron chi connectivity index (χ4n) is 3.41. The van der Waals surface area contributed by atoms with Crippen LogP contribution in [0.15, 0.2) is 6.33 Å². The van der Waals surface area contributed by atoms with Crippen molar-refractivity contribution in [1.82, 2.24) is 19.5 Å². The number of nitrogens with two attached hydrogens (primary N) is 2. The van der Waals surface area contributed by atoms with Gasteiger partial charge in [0.2, 0.25) is 5.95 Å². The van der Waals surface area contributed by atoms with Crippen LogP contribution in [-0.4, -0.2) is 61.8 Å². The largest absolute Gasteiger partial charge is 0.504 e. The number of aliphatic hydroxyl groups excluding tert-OH is 1. The SMILES string of the molecule is C[C@H]1O[C@H]2[C@H](n3cnc4c(N)nc(N)nc43)O[C@]1(CO[P+](C)=O)[C@H]2O. The zero-order chi connectivity index (χ0) is 17.9. The molecule has 2 aliphatic heterocycles. The van der Waals surface area contributed by atoms with Gasteiger partial charge in [-0.2, -0.15) is 9.97 Å². The molecule has 0 aromatic carbocycles. The van der Waals surface area contributed by atoms with Gasteiger partial charge in [-0.25, -0.2) is 4.98 Å². The lowest BCUT2D eigenvalue weighted by atomic mass is 9.94. The molecule has 2 bridgehead atoms. The maximum absolute atomic E-state index is 11.3. The second-order valence-corrected chi connectivity index (χ2v) is 7.29. The lowest BCUT2D eigenvalue weighted by Crippen LogP contribution is -2.49. The Morgan fingerprint density at radius 1 is 1.48 bits per heavy atom. The van der Waals surface area contributed by atoms with Crippen LogP contribution in [-0.2, 0) is 18.6 Å². The summed E-state index contributed by atoms with van der Waals surface area (Å²) < 4.78 is 30.1. The van der Waals surface area contributed by atoms with Crippen LogP contribution in [0.5, 0.6) is 0 Å². The molecule has 0 aliphatic carbocycles. The number of nitrogens with zero attached hydrogens (tertiary/aromatic N) is 4. The minimum absolute atomic E-state index is 0.00534. The van der Waals surface area contributed by atoms with Crippen LogP contribution < -0.4 is 11.5 Å². The first-order valence-corrected chi connectivity index (χ1v) is 9.26. The fraction of sp³-hybridized carbons (Fsp3) is 0.615. The first-order chi connectivity index (χ1) is 11.8. The average Bonchev–Trinajstić information content (AvgIpc) is 3.14. The summed E-state index contributed by atoms with van der Waals surface area (Å²) in [5.74, 6) is 0.158. The van der Waals surface area contributed by atoms with Crippen molar-refractivity contribution >= 4 is 31.0 Å². The van der Waals surface area contributed by atoms with Gasteiger partial charge in [-0.05, 0) is 11.5 Å². The molecule has 0 spiro atoms. The van der Waals surface area contributed by atoms with E-state index in [-0.39, 0.29) is 18.4 Å². The van der Waals surface area contributed by atoms with E-state index in [0.29, 0.717) is 11.2 Å². The number of rotatable bonds is 4. The molecular weight excluding hydrogens is 351 g/mol. The number of fused-ring (bicyclic) bond motifs is 3. The van der Waals surface area contributed by atoms with Crippen LogP contribution in [0.3, 0.4) is 0 Å². The number of aliphatic hydroxyl groups is 1. The van der Waals surface area contributed by atoms with Crippen LogP contribution >= 0.6 is 8.03 Å². The van der Waals surface area contributed by atoms with Crippen molar-refractivity contribution in [3.05, 3.63) is 6.33 Å². The summed E-state index contributed by atoms with van der Waals surface area (Å²) in [5.41, 5.74) is 11.1. The highest BCUT2D eigenvalue weighted by atomic mass is 31.1. The summed E-state index contributed by atoms with van der Waals surface area (Å²) >= 11 is 0. The fourth-order valence-corrected chi connectivity index (χ4v) is 3.79. The van der Waals surface area contributed by atoms with Gasteiger partial charge in [0.1, 0.15) is 24.3 Å². The normalized spacial score (nSPS) is 34.8. The number of nitrogen functional groups attached to an aromatic ring is 2. The van der Waals surface area contributed by atoms with Gasteiger partial charge in [-0.3, -0.25) is 4.57 Å². The maximum Gasteiger partial charge on any atom is 0.504 e. The van der Waals surface area contributed by atoms with Crippen molar-refractivity contribution in [2.24, 2.45) is 0 Å². The second kappa shape index (κ2) is 5.55. The van der Waals surface area contributed by atoms with E-state index in [1.807, 2.05) is 0 Å². The molecule has 2 aromatic heterocycles. The molecule has 1 unspecified atom stereocenters. The Balaban J connectivity index is 1.73. The highest BCUT2D eigenvalue weighted by Gasteiger charge is 2.66. The van der Waals surface area contributed by atoms with Crippen LogP contribution in [0.2, 0.25) is 0 Å². The van der Waals surface area contributed by atoms with Crippen molar-refractivity contribution < 1.29 is 23.7 Å². The predicted molar refractivity (Wildman–Crippen MR) is 86.8 cm³/mol. The van der Waals surface area contributed by atoms with E-state index in [9.17, 15) is 9.67 Å². The number of anilines is 2. The minimum atomic E-state index is -1.84. The molecule has 2 aliphatic rings. The van der Waals surface area contributed by atoms with E-state index in [1.165, 1.54) is 13.0 Å². The Labute approximate surface area is 143 Å². The van der Waals surface area contributed by atoms with E-state index in [1.54, 1.807) is 11.5 Å². The molecule has 5 N–H and O–H groups in total. The molecule has 0 saturated carbocycles. The zero-order valence-electron chi connectivity index (χ0n) is 13.6. The molecule has 12 heteroatoms. The third kappa shape index (κ3) is 2.31. The van der Waals surface area contributed by atoms with Crippen LogP contribution in [0.25, 0.3) is 11.2 Å². The van der Waals surface area contributed by atoms with Gasteiger partial charge < -0.3 is 26.0 Å². The van der Waals surface area contributed by atoms with E-state index in [0.717, 1.165) is 0 Å². The quantitative estimate of drug-likeness (QED) is 0.615. The molecule has 0 amide bonds. The van der Waals surface area contributed by atoms with Crippen LogP contribution in [0.4, 0.5) is 11.8 Å². The summed E-state index contributed by atoms with van der Waals surface area (Å²) in [6.07, 6.45) is -1.28. The first kappa shape index (κ1) is 16.6. The standard InChI is InChI=1S/C13H18N6O5P/c1-5-13(3-22-25(2)21)8(20)7(23-5)11(24-13)19-4-16-6-9(14)17-12(15)18-10(6)19/h4-5,7-8,11,20H,3H2,1-2H3,(H4,14,15,17,18)/q+1/t5-,7-,8+,11-,13+/m1/s1. The lowest BCUT2D eigenvalue weighted by molar-refractivity contribution is -0.213. The molecule has 2 fully saturated rings. The molecule has 134 valence electrons. The molecule has 6 atom stereocenters. The average molecular weight is 369 g/mol. The zero-order valence-corrected chi connectivity index (χ0v) is 14.5. The Morgan fingerprint density at radius 2 is 2.24 bits per heavy atom. The van der Waals surface area contributed by atoms with Crippen molar-refractivity contribution in [3.63, 3.8) is 0 Å². The molecule has 2 aromatic rings. The lowest BCUT2D eigenvalue weighted by Gasteiger charge is -2.34. The Hall–Kier alpha value is -1.91. The van der Waals surface area contributed by atoms with Gasteiger partial charge in [0.05, 0.1) is 12.4 Å².